The van der Waals surface area contributed by atoms with Crippen molar-refractivity contribution in [3.8, 4) is 5.75 Å². The first-order valence-electron chi connectivity index (χ1n) is 11.6. The van der Waals surface area contributed by atoms with Gasteiger partial charge in [-0.2, -0.15) is 0 Å². The molecule has 0 bridgehead atoms. The van der Waals surface area contributed by atoms with Crippen molar-refractivity contribution in [2.45, 2.75) is 51.2 Å². The van der Waals surface area contributed by atoms with Gasteiger partial charge in [-0.15, -0.1) is 0 Å². The van der Waals surface area contributed by atoms with E-state index in [0.29, 0.717) is 18.7 Å². The number of nitrogens with one attached hydrogen (secondary N) is 2. The molecule has 2 fully saturated rings. The minimum atomic E-state index is -0.230. The fraction of sp³-hybridized carbons (Fsp3) is 0.462. The lowest BCUT2D eigenvalue weighted by Gasteiger charge is -2.41. The van der Waals surface area contributed by atoms with Crippen LogP contribution in [0.4, 0.5) is 0 Å². The number of hydrogen-bond acceptors (Lipinski definition) is 4. The van der Waals surface area contributed by atoms with Crippen molar-refractivity contribution in [1.82, 2.24) is 15.5 Å². The van der Waals surface area contributed by atoms with Crippen molar-refractivity contribution in [3.05, 3.63) is 65.2 Å². The van der Waals surface area contributed by atoms with Crippen molar-refractivity contribution in [2.75, 3.05) is 20.2 Å². The maximum Gasteiger partial charge on any atom is 0.253 e. The Morgan fingerprint density at radius 2 is 1.91 bits per heavy atom. The van der Waals surface area contributed by atoms with Gasteiger partial charge in [0.15, 0.2) is 0 Å². The Balaban J connectivity index is 1.48. The molecule has 170 valence electrons. The Kier molecular flexibility index (Phi) is 7.10. The van der Waals surface area contributed by atoms with Crippen LogP contribution in [-0.2, 0) is 11.2 Å². The fourth-order valence-electron chi connectivity index (χ4n) is 4.83. The summed E-state index contributed by atoms with van der Waals surface area (Å²) < 4.78 is 5.24. The van der Waals surface area contributed by atoms with Gasteiger partial charge in [0, 0.05) is 18.2 Å². The molecule has 2 aliphatic rings. The van der Waals surface area contributed by atoms with Gasteiger partial charge >= 0.3 is 0 Å². The Morgan fingerprint density at radius 1 is 1.12 bits per heavy atom. The molecule has 3 unspecified atom stereocenters. The molecule has 32 heavy (non-hydrogen) atoms. The van der Waals surface area contributed by atoms with E-state index in [1.807, 2.05) is 60.4 Å². The summed E-state index contributed by atoms with van der Waals surface area (Å²) >= 11 is 0. The van der Waals surface area contributed by atoms with Crippen LogP contribution in [0.25, 0.3) is 0 Å². The van der Waals surface area contributed by atoms with Gasteiger partial charge < -0.3 is 15.0 Å². The lowest BCUT2D eigenvalue weighted by Crippen LogP contribution is -2.65. The first-order valence-corrected chi connectivity index (χ1v) is 11.6. The number of methoxy groups -OCH3 is 1. The molecular formula is C26H33N3O3. The van der Waals surface area contributed by atoms with Crippen molar-refractivity contribution in [1.29, 1.82) is 0 Å². The summed E-state index contributed by atoms with van der Waals surface area (Å²) in [6, 6.07) is 15.8. The van der Waals surface area contributed by atoms with E-state index in [1.165, 1.54) is 0 Å². The number of carbonyl (C=O) groups excluding carboxylic acids is 2. The normalized spacial score (nSPS) is 22.6. The summed E-state index contributed by atoms with van der Waals surface area (Å²) in [7, 11) is 1.65. The van der Waals surface area contributed by atoms with Gasteiger partial charge in [-0.25, -0.2) is 0 Å². The summed E-state index contributed by atoms with van der Waals surface area (Å²) in [5.41, 5.74) is 2.87. The van der Waals surface area contributed by atoms with E-state index in [9.17, 15) is 9.59 Å². The number of carbonyl (C=O) groups is 2. The van der Waals surface area contributed by atoms with E-state index >= 15 is 0 Å². The molecule has 6 nitrogen and oxygen atoms in total. The number of hydrogen-bond donors (Lipinski definition) is 2. The molecule has 1 aliphatic heterocycles. The van der Waals surface area contributed by atoms with Crippen LogP contribution < -0.4 is 15.4 Å². The Morgan fingerprint density at radius 3 is 2.66 bits per heavy atom. The van der Waals surface area contributed by atoms with Crippen molar-refractivity contribution < 1.29 is 14.3 Å². The van der Waals surface area contributed by atoms with Crippen molar-refractivity contribution >= 4 is 11.8 Å². The third kappa shape index (κ3) is 5.30. The number of rotatable bonds is 7. The van der Waals surface area contributed by atoms with Gasteiger partial charge in [-0.05, 0) is 56.0 Å². The van der Waals surface area contributed by atoms with Crippen molar-refractivity contribution in [3.63, 3.8) is 0 Å². The zero-order valence-electron chi connectivity index (χ0n) is 19.0. The summed E-state index contributed by atoms with van der Waals surface area (Å²) in [5, 5.41) is 6.72. The fourth-order valence-corrected chi connectivity index (χ4v) is 4.83. The number of aryl methyl sites for hydroxylation is 1. The molecule has 1 heterocycles. The van der Waals surface area contributed by atoms with Gasteiger partial charge in [0.25, 0.3) is 5.91 Å². The van der Waals surface area contributed by atoms with E-state index in [0.717, 1.165) is 49.0 Å². The molecule has 4 rings (SSSR count). The summed E-state index contributed by atoms with van der Waals surface area (Å²) in [6.45, 7) is 3.00. The van der Waals surface area contributed by atoms with Crippen LogP contribution in [0.15, 0.2) is 48.5 Å². The summed E-state index contributed by atoms with van der Waals surface area (Å²) in [5.74, 6) is 0.985. The van der Waals surface area contributed by atoms with Gasteiger partial charge in [-0.3, -0.25) is 14.9 Å². The molecule has 6 heteroatoms. The monoisotopic (exact) mass is 435 g/mol. The van der Waals surface area contributed by atoms with Gasteiger partial charge in [0.2, 0.25) is 5.91 Å². The van der Waals surface area contributed by atoms with Gasteiger partial charge in [0.1, 0.15) is 5.75 Å². The van der Waals surface area contributed by atoms with Gasteiger partial charge in [0.05, 0.1) is 25.7 Å². The SMILES string of the molecule is COc1ccc(CCN(CC2NC(=O)C3CCCCC3N2)C(=O)c2cccc(C)c2)cc1. The number of nitrogens with zero attached hydrogens (tertiary/aromatic N) is 1. The Hall–Kier alpha value is -2.86. The lowest BCUT2D eigenvalue weighted by atomic mass is 9.82. The van der Waals surface area contributed by atoms with Crippen LogP contribution in [-0.4, -0.2) is 49.1 Å². The van der Waals surface area contributed by atoms with Gasteiger partial charge in [-0.1, -0.05) is 42.7 Å². The average molecular weight is 436 g/mol. The lowest BCUT2D eigenvalue weighted by molar-refractivity contribution is -0.131. The molecule has 0 radical (unpaired) electrons. The molecule has 2 aromatic rings. The smallest absolute Gasteiger partial charge is 0.253 e. The minimum absolute atomic E-state index is 0.0102. The van der Waals surface area contributed by atoms with Crippen LogP contribution >= 0.6 is 0 Å². The number of benzene rings is 2. The molecule has 0 spiro atoms. The molecule has 1 saturated carbocycles. The number of amides is 2. The van der Waals surface area contributed by atoms with Crippen LogP contribution in [0.1, 0.15) is 47.2 Å². The third-order valence-corrected chi connectivity index (χ3v) is 6.62. The average Bonchev–Trinajstić information content (AvgIpc) is 2.81. The first kappa shape index (κ1) is 22.3. The minimum Gasteiger partial charge on any atom is -0.497 e. The predicted octanol–water partition coefficient (Wildman–Crippen LogP) is 3.29. The third-order valence-electron chi connectivity index (χ3n) is 6.62. The van der Waals surface area contributed by atoms with E-state index < -0.39 is 0 Å². The second kappa shape index (κ2) is 10.2. The predicted molar refractivity (Wildman–Crippen MR) is 125 cm³/mol. The van der Waals surface area contributed by atoms with E-state index in [2.05, 4.69) is 10.6 Å². The number of fused-ring (bicyclic) bond motifs is 1. The van der Waals surface area contributed by atoms with Crippen LogP contribution in [0.3, 0.4) is 0 Å². The molecule has 2 aromatic carbocycles. The second-order valence-corrected chi connectivity index (χ2v) is 8.94. The highest BCUT2D eigenvalue weighted by Gasteiger charge is 2.38. The second-order valence-electron chi connectivity index (χ2n) is 8.94. The molecule has 3 atom stereocenters. The molecule has 2 N–H and O–H groups in total. The highest BCUT2D eigenvalue weighted by atomic mass is 16.5. The number of ether oxygens (including phenoxy) is 1. The summed E-state index contributed by atoms with van der Waals surface area (Å²) in [4.78, 5) is 28.0. The molecule has 1 saturated heterocycles. The highest BCUT2D eigenvalue weighted by molar-refractivity contribution is 5.94. The largest absolute Gasteiger partial charge is 0.497 e. The van der Waals surface area contributed by atoms with E-state index in [1.54, 1.807) is 7.11 Å². The zero-order chi connectivity index (χ0) is 22.5. The zero-order valence-corrected chi connectivity index (χ0v) is 19.0. The van der Waals surface area contributed by atoms with Crippen LogP contribution in [0.2, 0.25) is 0 Å². The van der Waals surface area contributed by atoms with Crippen LogP contribution in [0.5, 0.6) is 5.75 Å². The van der Waals surface area contributed by atoms with Crippen LogP contribution in [0, 0.1) is 12.8 Å². The Bertz CT molecular complexity index is 944. The standard InChI is InChI=1S/C26H33N3O3/c1-18-6-5-7-20(16-18)26(31)29(15-14-19-10-12-21(32-2)13-11-19)17-24-27-23-9-4-3-8-22(23)25(30)28-24/h5-7,10-13,16,22-24,27H,3-4,8-9,14-15,17H2,1-2H3,(H,28,30). The van der Waals surface area contributed by atoms with Crippen molar-refractivity contribution in [2.24, 2.45) is 5.92 Å². The summed E-state index contributed by atoms with van der Waals surface area (Å²) in [6.07, 6.45) is 4.73. The maximum atomic E-state index is 13.4. The molecular weight excluding hydrogens is 402 g/mol. The Labute approximate surface area is 190 Å². The van der Waals surface area contributed by atoms with E-state index in [-0.39, 0.29) is 29.9 Å². The first-order chi connectivity index (χ1) is 15.5. The maximum absolute atomic E-state index is 13.4. The quantitative estimate of drug-likeness (QED) is 0.700. The molecule has 0 aromatic heterocycles. The topological polar surface area (TPSA) is 70.7 Å². The van der Waals surface area contributed by atoms with E-state index in [4.69, 9.17) is 4.74 Å². The molecule has 1 aliphatic carbocycles. The molecule has 2 amide bonds. The highest BCUT2D eigenvalue weighted by Crippen LogP contribution is 2.27.